The van der Waals surface area contributed by atoms with Crippen LogP contribution in [0, 0.1) is 11.6 Å². The van der Waals surface area contributed by atoms with Crippen LogP contribution in [-0.2, 0) is 4.79 Å². The Balaban J connectivity index is 1.74. The highest BCUT2D eigenvalue weighted by molar-refractivity contribution is 5.75. The summed E-state index contributed by atoms with van der Waals surface area (Å²) in [7, 11) is 0. The first-order valence-electron chi connectivity index (χ1n) is 7.63. The number of piperazine rings is 1. The van der Waals surface area contributed by atoms with Gasteiger partial charge < -0.3 is 10.0 Å². The van der Waals surface area contributed by atoms with E-state index in [1.54, 1.807) is 23.2 Å². The molecule has 1 aromatic heterocycles. The Hall–Kier alpha value is -2.54. The fourth-order valence-corrected chi connectivity index (χ4v) is 3.00. The fraction of sp³-hybridized carbons (Fsp3) is 0.294. The number of carbonyl (C=O) groups is 1. The van der Waals surface area contributed by atoms with Crippen molar-refractivity contribution in [2.24, 2.45) is 0 Å². The third kappa shape index (κ3) is 3.35. The molecule has 0 bridgehead atoms. The highest BCUT2D eigenvalue weighted by Gasteiger charge is 2.31. The molecule has 24 heavy (non-hydrogen) atoms. The topological polar surface area (TPSA) is 56.7 Å². The van der Waals surface area contributed by atoms with E-state index in [-0.39, 0.29) is 5.69 Å². The summed E-state index contributed by atoms with van der Waals surface area (Å²) in [4.78, 5) is 19.2. The summed E-state index contributed by atoms with van der Waals surface area (Å²) in [6.07, 6.45) is 3.13. The number of aliphatic carboxylic acids is 1. The first-order valence-corrected chi connectivity index (χ1v) is 7.63. The number of pyridine rings is 1. The van der Waals surface area contributed by atoms with Crippen molar-refractivity contribution in [3.8, 4) is 0 Å². The molecule has 0 aliphatic carbocycles. The number of benzene rings is 1. The maximum atomic E-state index is 13.9. The molecule has 1 fully saturated rings. The summed E-state index contributed by atoms with van der Waals surface area (Å²) in [5.74, 6) is -1.92. The highest BCUT2D eigenvalue weighted by Crippen LogP contribution is 2.26. The molecule has 1 unspecified atom stereocenters. The summed E-state index contributed by atoms with van der Waals surface area (Å²) in [5, 5.41) is 9.55. The second-order valence-corrected chi connectivity index (χ2v) is 5.65. The van der Waals surface area contributed by atoms with Gasteiger partial charge in [-0.1, -0.05) is 6.07 Å². The first kappa shape index (κ1) is 16.3. The predicted octanol–water partition coefficient (Wildman–Crippen LogP) is 2.31. The van der Waals surface area contributed by atoms with Gasteiger partial charge in [0.25, 0.3) is 0 Å². The van der Waals surface area contributed by atoms with Crippen LogP contribution in [0.3, 0.4) is 0 Å². The molecule has 1 aliphatic rings. The van der Waals surface area contributed by atoms with Gasteiger partial charge in [-0.15, -0.1) is 0 Å². The molecule has 7 heteroatoms. The quantitative estimate of drug-likeness (QED) is 0.930. The van der Waals surface area contributed by atoms with Crippen molar-refractivity contribution in [2.45, 2.75) is 6.04 Å². The highest BCUT2D eigenvalue weighted by atomic mass is 19.1. The normalized spacial score (nSPS) is 16.8. The van der Waals surface area contributed by atoms with Gasteiger partial charge in [0.1, 0.15) is 17.7 Å². The maximum Gasteiger partial charge on any atom is 0.325 e. The molecule has 1 aliphatic heterocycles. The Labute approximate surface area is 138 Å². The Morgan fingerprint density at radius 1 is 1.17 bits per heavy atom. The van der Waals surface area contributed by atoms with Crippen LogP contribution < -0.4 is 4.90 Å². The number of halogens is 2. The Bertz CT molecular complexity index is 719. The zero-order valence-electron chi connectivity index (χ0n) is 12.9. The van der Waals surface area contributed by atoms with E-state index in [0.29, 0.717) is 31.7 Å². The van der Waals surface area contributed by atoms with Crippen molar-refractivity contribution < 1.29 is 18.7 Å². The number of hydrogen-bond donors (Lipinski definition) is 1. The van der Waals surface area contributed by atoms with Gasteiger partial charge in [0, 0.05) is 44.6 Å². The number of carboxylic acid groups (broad SMARTS) is 1. The maximum absolute atomic E-state index is 13.9. The van der Waals surface area contributed by atoms with E-state index in [2.05, 4.69) is 4.98 Å². The van der Waals surface area contributed by atoms with E-state index in [9.17, 15) is 18.7 Å². The second-order valence-electron chi connectivity index (χ2n) is 5.65. The van der Waals surface area contributed by atoms with Crippen LogP contribution in [-0.4, -0.2) is 47.1 Å². The number of hydrogen-bond acceptors (Lipinski definition) is 4. The van der Waals surface area contributed by atoms with Crippen molar-refractivity contribution in [1.29, 1.82) is 0 Å². The van der Waals surface area contributed by atoms with Gasteiger partial charge in [-0.05, 0) is 23.8 Å². The van der Waals surface area contributed by atoms with E-state index < -0.39 is 23.6 Å². The van der Waals surface area contributed by atoms with Crippen molar-refractivity contribution in [1.82, 2.24) is 9.88 Å². The minimum atomic E-state index is -0.951. The van der Waals surface area contributed by atoms with Gasteiger partial charge in [0.15, 0.2) is 0 Å². The number of rotatable bonds is 4. The molecule has 0 radical (unpaired) electrons. The summed E-state index contributed by atoms with van der Waals surface area (Å²) in [6, 6.07) is 5.98. The molecule has 2 aromatic rings. The Morgan fingerprint density at radius 3 is 2.54 bits per heavy atom. The van der Waals surface area contributed by atoms with Crippen LogP contribution in [0.1, 0.15) is 11.6 Å². The monoisotopic (exact) mass is 333 g/mol. The van der Waals surface area contributed by atoms with E-state index in [0.717, 1.165) is 12.1 Å². The minimum Gasteiger partial charge on any atom is -0.480 e. The summed E-state index contributed by atoms with van der Waals surface area (Å²) in [6.45, 7) is 1.71. The number of nitrogens with zero attached hydrogens (tertiary/aromatic N) is 3. The largest absolute Gasteiger partial charge is 0.480 e. The van der Waals surface area contributed by atoms with Crippen LogP contribution in [0.15, 0.2) is 42.7 Å². The lowest BCUT2D eigenvalue weighted by molar-refractivity contribution is -0.143. The van der Waals surface area contributed by atoms with Crippen molar-refractivity contribution >= 4 is 11.7 Å². The van der Waals surface area contributed by atoms with Crippen LogP contribution in [0.2, 0.25) is 0 Å². The first-order chi connectivity index (χ1) is 11.6. The molecule has 1 aromatic carbocycles. The third-order valence-corrected chi connectivity index (χ3v) is 4.16. The van der Waals surface area contributed by atoms with E-state index in [4.69, 9.17) is 0 Å². The van der Waals surface area contributed by atoms with E-state index in [1.165, 1.54) is 12.3 Å². The molecule has 3 rings (SSSR count). The van der Waals surface area contributed by atoms with Crippen LogP contribution in [0.25, 0.3) is 0 Å². The zero-order chi connectivity index (χ0) is 17.1. The molecule has 1 N–H and O–H groups in total. The lowest BCUT2D eigenvalue weighted by Gasteiger charge is -2.38. The Morgan fingerprint density at radius 2 is 1.92 bits per heavy atom. The van der Waals surface area contributed by atoms with Gasteiger partial charge in [-0.25, -0.2) is 8.78 Å². The summed E-state index contributed by atoms with van der Waals surface area (Å²) >= 11 is 0. The third-order valence-electron chi connectivity index (χ3n) is 4.16. The zero-order valence-corrected chi connectivity index (χ0v) is 12.9. The molecule has 126 valence electrons. The standard InChI is InChI=1S/C17H17F2N3O2/c18-13-3-4-14(19)15(10-13)21-6-8-22(9-7-21)16(17(23)24)12-2-1-5-20-11-12/h1-5,10-11,16H,6-9H2,(H,23,24). The molecular formula is C17H17F2N3O2. The second kappa shape index (κ2) is 6.92. The molecule has 2 heterocycles. The number of anilines is 1. The smallest absolute Gasteiger partial charge is 0.325 e. The average Bonchev–Trinajstić information content (AvgIpc) is 2.59. The number of carboxylic acids is 1. The van der Waals surface area contributed by atoms with Crippen molar-refractivity contribution in [3.63, 3.8) is 0 Å². The predicted molar refractivity (Wildman–Crippen MR) is 84.8 cm³/mol. The van der Waals surface area contributed by atoms with Gasteiger partial charge in [-0.3, -0.25) is 14.7 Å². The van der Waals surface area contributed by atoms with Gasteiger partial charge >= 0.3 is 5.97 Å². The lowest BCUT2D eigenvalue weighted by atomic mass is 10.1. The fourth-order valence-electron chi connectivity index (χ4n) is 3.00. The van der Waals surface area contributed by atoms with E-state index >= 15 is 0 Å². The lowest BCUT2D eigenvalue weighted by Crippen LogP contribution is -2.49. The molecule has 5 nitrogen and oxygen atoms in total. The molecule has 0 saturated carbocycles. The molecular weight excluding hydrogens is 316 g/mol. The van der Waals surface area contributed by atoms with Crippen molar-refractivity contribution in [2.75, 3.05) is 31.1 Å². The molecule has 1 atom stereocenters. The molecule has 0 amide bonds. The molecule has 1 saturated heterocycles. The number of aromatic nitrogens is 1. The van der Waals surface area contributed by atoms with Crippen LogP contribution in [0.5, 0.6) is 0 Å². The van der Waals surface area contributed by atoms with E-state index in [1.807, 2.05) is 4.90 Å². The van der Waals surface area contributed by atoms with Crippen LogP contribution >= 0.6 is 0 Å². The summed E-state index contributed by atoms with van der Waals surface area (Å²) < 4.78 is 27.2. The SMILES string of the molecule is O=C(O)C(c1cccnc1)N1CCN(c2cc(F)ccc2F)CC1. The average molecular weight is 333 g/mol. The minimum absolute atomic E-state index is 0.211. The van der Waals surface area contributed by atoms with Crippen molar-refractivity contribution in [3.05, 3.63) is 59.9 Å². The Kier molecular flexibility index (Phi) is 4.71. The van der Waals surface area contributed by atoms with Gasteiger partial charge in [0.2, 0.25) is 0 Å². The van der Waals surface area contributed by atoms with Gasteiger partial charge in [-0.2, -0.15) is 0 Å². The van der Waals surface area contributed by atoms with Gasteiger partial charge in [0.05, 0.1) is 5.69 Å². The van der Waals surface area contributed by atoms with Crippen LogP contribution in [0.4, 0.5) is 14.5 Å². The molecule has 0 spiro atoms. The summed E-state index contributed by atoms with van der Waals surface area (Å²) in [5.41, 5.74) is 0.818.